The molecular formula is C13H17BrN2O. The number of halogens is 1. The van der Waals surface area contributed by atoms with Gasteiger partial charge in [-0.2, -0.15) is 0 Å². The van der Waals surface area contributed by atoms with Gasteiger partial charge in [0.05, 0.1) is 6.67 Å². The fourth-order valence-corrected chi connectivity index (χ4v) is 2.94. The van der Waals surface area contributed by atoms with Crippen LogP contribution >= 0.6 is 15.9 Å². The molecular weight excluding hydrogens is 280 g/mol. The molecule has 0 bridgehead atoms. The second-order valence-electron chi connectivity index (χ2n) is 4.90. The van der Waals surface area contributed by atoms with Crippen molar-refractivity contribution >= 4 is 21.6 Å². The maximum absolute atomic E-state index is 5.45. The smallest absolute Gasteiger partial charge is 0.0687 e. The molecule has 1 N–H and O–H groups in total. The number of hydrogen-bond donors (Lipinski definition) is 1. The molecule has 0 unspecified atom stereocenters. The molecule has 0 amide bonds. The Hall–Kier alpha value is -0.580. The SMILES string of the molecule is Brc1ccc(N2CNC3(CCOCC3)C2)cc1. The summed E-state index contributed by atoms with van der Waals surface area (Å²) >= 11 is 3.47. The highest BCUT2D eigenvalue weighted by Gasteiger charge is 2.38. The first-order valence-electron chi connectivity index (χ1n) is 6.11. The number of rotatable bonds is 1. The van der Waals surface area contributed by atoms with E-state index in [1.807, 2.05) is 0 Å². The second-order valence-corrected chi connectivity index (χ2v) is 5.82. The van der Waals surface area contributed by atoms with E-state index in [0.29, 0.717) is 0 Å². The molecule has 4 heteroatoms. The monoisotopic (exact) mass is 296 g/mol. The Morgan fingerprint density at radius 1 is 1.18 bits per heavy atom. The molecule has 2 aliphatic heterocycles. The Morgan fingerprint density at radius 3 is 2.59 bits per heavy atom. The number of anilines is 1. The van der Waals surface area contributed by atoms with Crippen LogP contribution in [-0.2, 0) is 4.74 Å². The van der Waals surface area contributed by atoms with Gasteiger partial charge in [0.1, 0.15) is 0 Å². The van der Waals surface area contributed by atoms with Gasteiger partial charge >= 0.3 is 0 Å². The molecule has 2 saturated heterocycles. The molecule has 0 aliphatic carbocycles. The normalized spacial score (nSPS) is 23.2. The Morgan fingerprint density at radius 2 is 1.88 bits per heavy atom. The largest absolute Gasteiger partial charge is 0.381 e. The van der Waals surface area contributed by atoms with Crippen LogP contribution in [0.25, 0.3) is 0 Å². The Kier molecular flexibility index (Phi) is 3.11. The molecule has 2 aliphatic rings. The highest BCUT2D eigenvalue weighted by Crippen LogP contribution is 2.29. The summed E-state index contributed by atoms with van der Waals surface area (Å²) in [6.45, 7) is 3.82. The van der Waals surface area contributed by atoms with Gasteiger partial charge in [0.15, 0.2) is 0 Å². The van der Waals surface area contributed by atoms with E-state index in [1.54, 1.807) is 0 Å². The Labute approximate surface area is 110 Å². The van der Waals surface area contributed by atoms with E-state index in [0.717, 1.165) is 43.7 Å². The van der Waals surface area contributed by atoms with E-state index in [1.165, 1.54) is 5.69 Å². The summed E-state index contributed by atoms with van der Waals surface area (Å²) in [5.41, 5.74) is 1.58. The van der Waals surface area contributed by atoms with Crippen molar-refractivity contribution in [1.29, 1.82) is 0 Å². The van der Waals surface area contributed by atoms with Gasteiger partial charge in [0, 0.05) is 35.5 Å². The van der Waals surface area contributed by atoms with Crippen molar-refractivity contribution in [3.05, 3.63) is 28.7 Å². The average molecular weight is 297 g/mol. The molecule has 92 valence electrons. The molecule has 3 rings (SSSR count). The van der Waals surface area contributed by atoms with Crippen LogP contribution in [0, 0.1) is 0 Å². The summed E-state index contributed by atoms with van der Waals surface area (Å²) in [5, 5.41) is 3.67. The Balaban J connectivity index is 1.72. The first-order valence-corrected chi connectivity index (χ1v) is 6.90. The number of benzene rings is 1. The van der Waals surface area contributed by atoms with Gasteiger partial charge < -0.3 is 9.64 Å². The van der Waals surface area contributed by atoms with Crippen LogP contribution in [0.2, 0.25) is 0 Å². The molecule has 2 heterocycles. The maximum atomic E-state index is 5.45. The molecule has 0 atom stereocenters. The minimum atomic E-state index is 0.283. The van der Waals surface area contributed by atoms with Gasteiger partial charge in [-0.05, 0) is 37.1 Å². The van der Waals surface area contributed by atoms with Crippen LogP contribution < -0.4 is 10.2 Å². The fraction of sp³-hybridized carbons (Fsp3) is 0.538. The van der Waals surface area contributed by atoms with E-state index in [4.69, 9.17) is 4.74 Å². The third-order valence-electron chi connectivity index (χ3n) is 3.78. The van der Waals surface area contributed by atoms with Crippen LogP contribution in [0.1, 0.15) is 12.8 Å². The highest BCUT2D eigenvalue weighted by atomic mass is 79.9. The maximum Gasteiger partial charge on any atom is 0.0687 e. The van der Waals surface area contributed by atoms with Crippen molar-refractivity contribution in [2.45, 2.75) is 18.4 Å². The molecule has 1 aromatic rings. The van der Waals surface area contributed by atoms with Gasteiger partial charge in [-0.1, -0.05) is 15.9 Å². The van der Waals surface area contributed by atoms with Crippen LogP contribution in [-0.4, -0.2) is 32.0 Å². The quantitative estimate of drug-likeness (QED) is 0.861. The molecule has 0 radical (unpaired) electrons. The lowest BCUT2D eigenvalue weighted by Gasteiger charge is -2.33. The molecule has 1 spiro atoms. The summed E-state index contributed by atoms with van der Waals surface area (Å²) in [4.78, 5) is 2.41. The average Bonchev–Trinajstić information content (AvgIpc) is 2.75. The van der Waals surface area contributed by atoms with Gasteiger partial charge in [-0.25, -0.2) is 0 Å². The van der Waals surface area contributed by atoms with Gasteiger partial charge in [-0.15, -0.1) is 0 Å². The van der Waals surface area contributed by atoms with Crippen LogP contribution in [0.4, 0.5) is 5.69 Å². The predicted octanol–water partition coefficient (Wildman–Crippen LogP) is 2.37. The van der Waals surface area contributed by atoms with Crippen molar-refractivity contribution in [2.24, 2.45) is 0 Å². The number of ether oxygens (including phenoxy) is 1. The van der Waals surface area contributed by atoms with Crippen molar-refractivity contribution in [1.82, 2.24) is 5.32 Å². The minimum absolute atomic E-state index is 0.283. The zero-order valence-corrected chi connectivity index (χ0v) is 11.4. The molecule has 17 heavy (non-hydrogen) atoms. The summed E-state index contributed by atoms with van der Waals surface area (Å²) < 4.78 is 6.58. The Bertz CT molecular complexity index is 387. The van der Waals surface area contributed by atoms with Gasteiger partial charge in [0.25, 0.3) is 0 Å². The summed E-state index contributed by atoms with van der Waals surface area (Å²) in [5.74, 6) is 0. The van der Waals surface area contributed by atoms with Crippen LogP contribution in [0.5, 0.6) is 0 Å². The molecule has 3 nitrogen and oxygen atoms in total. The third-order valence-corrected chi connectivity index (χ3v) is 4.31. The number of hydrogen-bond acceptors (Lipinski definition) is 3. The molecule has 2 fully saturated rings. The van der Waals surface area contributed by atoms with E-state index < -0.39 is 0 Å². The predicted molar refractivity (Wildman–Crippen MR) is 72.3 cm³/mol. The summed E-state index contributed by atoms with van der Waals surface area (Å²) in [7, 11) is 0. The topological polar surface area (TPSA) is 24.5 Å². The highest BCUT2D eigenvalue weighted by molar-refractivity contribution is 9.10. The second kappa shape index (κ2) is 4.59. The first-order chi connectivity index (χ1) is 8.27. The van der Waals surface area contributed by atoms with Crippen LogP contribution in [0.3, 0.4) is 0 Å². The van der Waals surface area contributed by atoms with Crippen molar-refractivity contribution in [3.8, 4) is 0 Å². The minimum Gasteiger partial charge on any atom is -0.381 e. The van der Waals surface area contributed by atoms with Crippen LogP contribution in [0.15, 0.2) is 28.7 Å². The first kappa shape index (κ1) is 11.5. The molecule has 1 aromatic carbocycles. The third kappa shape index (κ3) is 2.34. The van der Waals surface area contributed by atoms with E-state index in [2.05, 4.69) is 50.4 Å². The van der Waals surface area contributed by atoms with Gasteiger partial charge in [-0.3, -0.25) is 5.32 Å². The summed E-state index contributed by atoms with van der Waals surface area (Å²) in [6, 6.07) is 8.54. The number of nitrogens with zero attached hydrogens (tertiary/aromatic N) is 1. The molecule has 0 aromatic heterocycles. The van der Waals surface area contributed by atoms with Crippen molar-refractivity contribution < 1.29 is 4.74 Å². The zero-order valence-electron chi connectivity index (χ0n) is 9.79. The van der Waals surface area contributed by atoms with Gasteiger partial charge in [0.2, 0.25) is 0 Å². The lowest BCUT2D eigenvalue weighted by Crippen LogP contribution is -2.47. The molecule has 0 saturated carbocycles. The zero-order chi connectivity index (χ0) is 11.7. The lowest BCUT2D eigenvalue weighted by molar-refractivity contribution is 0.0505. The fourth-order valence-electron chi connectivity index (χ4n) is 2.67. The van der Waals surface area contributed by atoms with E-state index >= 15 is 0 Å². The standard InChI is InChI=1S/C13H17BrN2O/c14-11-1-3-12(4-2-11)16-9-13(15-10-16)5-7-17-8-6-13/h1-4,15H,5-10H2. The van der Waals surface area contributed by atoms with Crippen molar-refractivity contribution in [2.75, 3.05) is 31.3 Å². The van der Waals surface area contributed by atoms with E-state index in [9.17, 15) is 0 Å². The summed E-state index contributed by atoms with van der Waals surface area (Å²) in [6.07, 6.45) is 2.25. The van der Waals surface area contributed by atoms with Crippen molar-refractivity contribution in [3.63, 3.8) is 0 Å². The lowest BCUT2D eigenvalue weighted by atomic mass is 9.91. The van der Waals surface area contributed by atoms with E-state index in [-0.39, 0.29) is 5.54 Å². The number of nitrogens with one attached hydrogen (secondary N) is 1.